The second kappa shape index (κ2) is 5.57. The quantitative estimate of drug-likeness (QED) is 0.892. The van der Waals surface area contributed by atoms with Crippen molar-refractivity contribution >= 4 is 17.5 Å². The topological polar surface area (TPSA) is 73.6 Å². The number of hydrogen-bond acceptors (Lipinski definition) is 5. The first-order valence-electron chi connectivity index (χ1n) is 6.35. The Balaban J connectivity index is 2.17. The largest absolute Gasteiger partial charge is 0.365 e. The Morgan fingerprint density at radius 1 is 1.20 bits per heavy atom. The summed E-state index contributed by atoms with van der Waals surface area (Å²) in [5.74, 6) is 1.25. The Kier molecular flexibility index (Phi) is 3.85. The summed E-state index contributed by atoms with van der Waals surface area (Å²) >= 11 is 0. The molecule has 0 spiro atoms. The molecule has 0 aliphatic carbocycles. The van der Waals surface area contributed by atoms with Crippen molar-refractivity contribution in [2.24, 2.45) is 0 Å². The molecule has 0 aliphatic rings. The summed E-state index contributed by atoms with van der Waals surface area (Å²) in [5, 5.41) is 15.3. The first kappa shape index (κ1) is 13.8. The van der Waals surface area contributed by atoms with Gasteiger partial charge >= 0.3 is 0 Å². The van der Waals surface area contributed by atoms with Crippen molar-refractivity contribution in [2.75, 3.05) is 10.6 Å². The molecule has 2 rings (SSSR count). The molecular weight excluding hydrogens is 250 g/mol. The van der Waals surface area contributed by atoms with E-state index in [9.17, 15) is 0 Å². The van der Waals surface area contributed by atoms with E-state index in [4.69, 9.17) is 5.26 Å². The highest BCUT2D eigenvalue weighted by molar-refractivity contribution is 5.57. The average Bonchev–Trinajstić information content (AvgIpc) is 2.37. The third-order valence-corrected chi connectivity index (χ3v) is 2.41. The van der Waals surface area contributed by atoms with Crippen LogP contribution < -0.4 is 10.6 Å². The van der Waals surface area contributed by atoms with E-state index in [2.05, 4.69) is 47.4 Å². The molecule has 1 aromatic carbocycles. The summed E-state index contributed by atoms with van der Waals surface area (Å²) in [7, 11) is 0. The van der Waals surface area contributed by atoms with Gasteiger partial charge in [-0.25, -0.2) is 4.98 Å². The fourth-order valence-corrected chi connectivity index (χ4v) is 1.67. The summed E-state index contributed by atoms with van der Waals surface area (Å²) in [6.45, 7) is 6.20. The van der Waals surface area contributed by atoms with Gasteiger partial charge in [-0.3, -0.25) is 0 Å². The van der Waals surface area contributed by atoms with Crippen molar-refractivity contribution in [1.82, 2.24) is 9.97 Å². The standard InChI is InChI=1S/C15H17N5/c1-15(2,3)20-13-7-8-17-14(19-13)18-12-6-4-5-11(9-12)10-16/h4-9H,1-3H3,(H2,17,18,19,20). The van der Waals surface area contributed by atoms with E-state index in [1.54, 1.807) is 18.3 Å². The number of hydrogen-bond donors (Lipinski definition) is 2. The van der Waals surface area contributed by atoms with Gasteiger partial charge in [0.25, 0.3) is 0 Å². The lowest BCUT2D eigenvalue weighted by Gasteiger charge is -2.21. The summed E-state index contributed by atoms with van der Waals surface area (Å²) < 4.78 is 0. The van der Waals surface area contributed by atoms with E-state index < -0.39 is 0 Å². The molecule has 0 aliphatic heterocycles. The number of nitrogens with zero attached hydrogens (tertiary/aromatic N) is 3. The van der Waals surface area contributed by atoms with Crippen LogP contribution in [0.2, 0.25) is 0 Å². The Bertz CT molecular complexity index is 637. The summed E-state index contributed by atoms with van der Waals surface area (Å²) in [6, 6.07) is 11.1. The zero-order chi connectivity index (χ0) is 14.6. The maximum Gasteiger partial charge on any atom is 0.229 e. The minimum absolute atomic E-state index is 0.0631. The molecule has 0 radical (unpaired) electrons. The van der Waals surface area contributed by atoms with Gasteiger partial charge in [-0.15, -0.1) is 0 Å². The third-order valence-electron chi connectivity index (χ3n) is 2.41. The second-order valence-electron chi connectivity index (χ2n) is 5.46. The Hall–Kier alpha value is -2.61. The number of rotatable bonds is 3. The average molecular weight is 267 g/mol. The van der Waals surface area contributed by atoms with Crippen LogP contribution in [0.4, 0.5) is 17.5 Å². The first-order chi connectivity index (χ1) is 9.46. The molecule has 2 N–H and O–H groups in total. The molecule has 0 bridgehead atoms. The maximum absolute atomic E-state index is 8.88. The monoisotopic (exact) mass is 267 g/mol. The van der Waals surface area contributed by atoms with E-state index in [0.29, 0.717) is 11.5 Å². The van der Waals surface area contributed by atoms with Gasteiger partial charge in [0.15, 0.2) is 0 Å². The molecule has 0 saturated heterocycles. The lowest BCUT2D eigenvalue weighted by molar-refractivity contribution is 0.630. The van der Waals surface area contributed by atoms with Crippen LogP contribution in [-0.4, -0.2) is 15.5 Å². The maximum atomic E-state index is 8.88. The van der Waals surface area contributed by atoms with Gasteiger partial charge < -0.3 is 10.6 Å². The Labute approximate surface area is 118 Å². The third kappa shape index (κ3) is 3.95. The fourth-order valence-electron chi connectivity index (χ4n) is 1.67. The molecule has 2 aromatic rings. The molecule has 0 saturated carbocycles. The number of benzene rings is 1. The number of nitriles is 1. The smallest absolute Gasteiger partial charge is 0.229 e. The molecule has 1 heterocycles. The SMILES string of the molecule is CC(C)(C)Nc1ccnc(Nc2cccc(C#N)c2)n1. The highest BCUT2D eigenvalue weighted by Gasteiger charge is 2.10. The number of nitrogens with one attached hydrogen (secondary N) is 2. The summed E-state index contributed by atoms with van der Waals surface area (Å²) in [6.07, 6.45) is 1.69. The molecule has 0 atom stereocenters. The Morgan fingerprint density at radius 3 is 2.70 bits per heavy atom. The van der Waals surface area contributed by atoms with Crippen LogP contribution >= 0.6 is 0 Å². The number of anilines is 3. The predicted molar refractivity (Wildman–Crippen MR) is 79.8 cm³/mol. The molecule has 0 unspecified atom stereocenters. The molecule has 102 valence electrons. The summed E-state index contributed by atoms with van der Waals surface area (Å²) in [4.78, 5) is 8.57. The van der Waals surface area contributed by atoms with Gasteiger partial charge in [0, 0.05) is 17.4 Å². The van der Waals surface area contributed by atoms with Crippen molar-refractivity contribution in [3.8, 4) is 6.07 Å². The Morgan fingerprint density at radius 2 is 2.00 bits per heavy atom. The van der Waals surface area contributed by atoms with Crippen LogP contribution in [-0.2, 0) is 0 Å². The van der Waals surface area contributed by atoms with E-state index >= 15 is 0 Å². The second-order valence-corrected chi connectivity index (χ2v) is 5.46. The highest BCUT2D eigenvalue weighted by Crippen LogP contribution is 2.17. The van der Waals surface area contributed by atoms with Gasteiger partial charge in [0.2, 0.25) is 5.95 Å². The predicted octanol–water partition coefficient (Wildman–Crippen LogP) is 3.30. The zero-order valence-corrected chi connectivity index (χ0v) is 11.8. The van der Waals surface area contributed by atoms with E-state index in [1.807, 2.05) is 18.2 Å². The molecule has 5 heteroatoms. The van der Waals surface area contributed by atoms with Crippen molar-refractivity contribution in [1.29, 1.82) is 5.26 Å². The first-order valence-corrected chi connectivity index (χ1v) is 6.35. The van der Waals surface area contributed by atoms with E-state index in [0.717, 1.165) is 11.5 Å². The van der Waals surface area contributed by atoms with Gasteiger partial charge in [0.1, 0.15) is 5.82 Å². The van der Waals surface area contributed by atoms with Crippen molar-refractivity contribution in [3.05, 3.63) is 42.1 Å². The van der Waals surface area contributed by atoms with E-state index in [-0.39, 0.29) is 5.54 Å². The van der Waals surface area contributed by atoms with Gasteiger partial charge in [0.05, 0.1) is 11.6 Å². The van der Waals surface area contributed by atoms with Crippen molar-refractivity contribution in [3.63, 3.8) is 0 Å². The molecule has 0 fully saturated rings. The highest BCUT2D eigenvalue weighted by atomic mass is 15.1. The van der Waals surface area contributed by atoms with Crippen LogP contribution in [0.5, 0.6) is 0 Å². The lowest BCUT2D eigenvalue weighted by atomic mass is 10.1. The normalized spacial score (nSPS) is 10.7. The van der Waals surface area contributed by atoms with Crippen LogP contribution in [0, 0.1) is 11.3 Å². The van der Waals surface area contributed by atoms with Crippen LogP contribution in [0.3, 0.4) is 0 Å². The minimum atomic E-state index is -0.0631. The van der Waals surface area contributed by atoms with Crippen molar-refractivity contribution in [2.45, 2.75) is 26.3 Å². The van der Waals surface area contributed by atoms with Gasteiger partial charge in [-0.1, -0.05) is 6.07 Å². The van der Waals surface area contributed by atoms with E-state index in [1.165, 1.54) is 0 Å². The zero-order valence-electron chi connectivity index (χ0n) is 11.8. The number of aromatic nitrogens is 2. The summed E-state index contributed by atoms with van der Waals surface area (Å²) in [5.41, 5.74) is 1.32. The molecule has 20 heavy (non-hydrogen) atoms. The lowest BCUT2D eigenvalue weighted by Crippen LogP contribution is -2.26. The molecule has 5 nitrogen and oxygen atoms in total. The minimum Gasteiger partial charge on any atom is -0.365 e. The molecule has 0 amide bonds. The van der Waals surface area contributed by atoms with Crippen LogP contribution in [0.25, 0.3) is 0 Å². The van der Waals surface area contributed by atoms with Gasteiger partial charge in [-0.2, -0.15) is 10.2 Å². The van der Waals surface area contributed by atoms with Crippen LogP contribution in [0.15, 0.2) is 36.5 Å². The van der Waals surface area contributed by atoms with Gasteiger partial charge in [-0.05, 0) is 45.0 Å². The fraction of sp³-hybridized carbons (Fsp3) is 0.267. The molecular formula is C15H17N5. The van der Waals surface area contributed by atoms with Crippen LogP contribution in [0.1, 0.15) is 26.3 Å². The van der Waals surface area contributed by atoms with Crippen molar-refractivity contribution < 1.29 is 0 Å². The molecule has 1 aromatic heterocycles.